The van der Waals surface area contributed by atoms with E-state index in [2.05, 4.69) is 4.18 Å². The molecule has 1 N–H and O–H groups in total. The van der Waals surface area contributed by atoms with E-state index in [9.17, 15) is 8.42 Å². The van der Waals surface area contributed by atoms with Crippen LogP contribution >= 0.6 is 11.8 Å². The van der Waals surface area contributed by atoms with E-state index in [0.717, 1.165) is 11.8 Å². The van der Waals surface area contributed by atoms with Gasteiger partial charge in [-0.25, -0.2) is 0 Å². The highest BCUT2D eigenvalue weighted by molar-refractivity contribution is 7.98. The van der Waals surface area contributed by atoms with Crippen LogP contribution in [0.3, 0.4) is 0 Å². The molecule has 0 aliphatic carbocycles. The van der Waals surface area contributed by atoms with E-state index in [1.54, 1.807) is 23.9 Å². The Morgan fingerprint density at radius 1 is 1.05 bits per heavy atom. The Balaban J connectivity index is 0.000000219. The zero-order valence-corrected chi connectivity index (χ0v) is 13.5. The predicted octanol–water partition coefficient (Wildman–Crippen LogP) is 3.28. The SMILES string of the molecule is CS(=O)(=O)OCc1ccccc1.CSc1ccc(O)cc1. The maximum Gasteiger partial charge on any atom is 0.264 e. The van der Waals surface area contributed by atoms with E-state index in [4.69, 9.17) is 5.11 Å². The molecule has 2 aromatic carbocycles. The van der Waals surface area contributed by atoms with E-state index in [-0.39, 0.29) is 6.61 Å². The minimum Gasteiger partial charge on any atom is -0.508 e. The lowest BCUT2D eigenvalue weighted by Gasteiger charge is -1.99. The lowest BCUT2D eigenvalue weighted by atomic mass is 10.2. The summed E-state index contributed by atoms with van der Waals surface area (Å²) in [5.74, 6) is 0.327. The van der Waals surface area contributed by atoms with Gasteiger partial charge in [0, 0.05) is 4.90 Å². The van der Waals surface area contributed by atoms with Crippen LogP contribution in [0.15, 0.2) is 59.5 Å². The molecular formula is C15H18O4S2. The third-order valence-electron chi connectivity index (χ3n) is 2.35. The van der Waals surface area contributed by atoms with Crippen molar-refractivity contribution in [3.8, 4) is 5.75 Å². The number of thioether (sulfide) groups is 1. The van der Waals surface area contributed by atoms with Crippen molar-refractivity contribution in [2.24, 2.45) is 0 Å². The van der Waals surface area contributed by atoms with Crippen LogP contribution in [0, 0.1) is 0 Å². The zero-order valence-electron chi connectivity index (χ0n) is 11.9. The number of rotatable bonds is 4. The van der Waals surface area contributed by atoms with Crippen LogP contribution in [0.2, 0.25) is 0 Å². The summed E-state index contributed by atoms with van der Waals surface area (Å²) in [5.41, 5.74) is 0.850. The standard InChI is InChI=1S/C8H10O3S.C7H8OS/c1-12(9,10)11-7-8-5-3-2-4-6-8;1-9-7-4-2-6(8)3-5-7/h2-6H,7H2,1H3;2-5,8H,1H3. The average Bonchev–Trinajstić information content (AvgIpc) is 2.47. The van der Waals surface area contributed by atoms with Gasteiger partial charge in [-0.15, -0.1) is 11.8 Å². The monoisotopic (exact) mass is 326 g/mol. The largest absolute Gasteiger partial charge is 0.508 e. The fraction of sp³-hybridized carbons (Fsp3) is 0.200. The van der Waals surface area contributed by atoms with E-state index < -0.39 is 10.1 Å². The van der Waals surface area contributed by atoms with Crippen LogP contribution in [0.5, 0.6) is 5.75 Å². The van der Waals surface area contributed by atoms with Crippen LogP contribution in [0.25, 0.3) is 0 Å². The molecule has 0 fully saturated rings. The van der Waals surface area contributed by atoms with Crippen LogP contribution < -0.4 is 0 Å². The molecule has 0 amide bonds. The summed E-state index contributed by atoms with van der Waals surface area (Å²) in [4.78, 5) is 1.17. The maximum absolute atomic E-state index is 10.6. The summed E-state index contributed by atoms with van der Waals surface area (Å²) in [6.45, 7) is 0.111. The summed E-state index contributed by atoms with van der Waals surface area (Å²) >= 11 is 1.67. The molecule has 0 aromatic heterocycles. The molecule has 0 bridgehead atoms. The number of benzene rings is 2. The number of aromatic hydroxyl groups is 1. The van der Waals surface area contributed by atoms with E-state index >= 15 is 0 Å². The highest BCUT2D eigenvalue weighted by atomic mass is 32.2. The zero-order chi connectivity index (χ0) is 15.7. The highest BCUT2D eigenvalue weighted by Gasteiger charge is 2.00. The van der Waals surface area contributed by atoms with Gasteiger partial charge in [-0.2, -0.15) is 8.42 Å². The van der Waals surface area contributed by atoms with Crippen LogP contribution in [0.1, 0.15) is 5.56 Å². The summed E-state index contributed by atoms with van der Waals surface area (Å²) in [5, 5.41) is 8.84. The molecule has 0 unspecified atom stereocenters. The van der Waals surface area contributed by atoms with Crippen LogP contribution in [-0.4, -0.2) is 26.0 Å². The van der Waals surface area contributed by atoms with Crippen molar-refractivity contribution in [3.63, 3.8) is 0 Å². The number of hydrogen-bond acceptors (Lipinski definition) is 5. The summed E-state index contributed by atoms with van der Waals surface area (Å²) in [7, 11) is -3.32. The second-order valence-corrected chi connectivity index (χ2v) is 6.67. The number of phenols is 1. The summed E-state index contributed by atoms with van der Waals surface area (Å²) in [6.07, 6.45) is 3.04. The first-order valence-corrected chi connectivity index (χ1v) is 9.16. The van der Waals surface area contributed by atoms with Gasteiger partial charge in [0.15, 0.2) is 0 Å². The molecular weight excluding hydrogens is 308 g/mol. The maximum atomic E-state index is 10.6. The van der Waals surface area contributed by atoms with Crippen LogP contribution in [-0.2, 0) is 20.9 Å². The molecule has 0 aliphatic heterocycles. The van der Waals surface area contributed by atoms with Gasteiger partial charge < -0.3 is 5.11 Å². The Morgan fingerprint density at radius 2 is 1.62 bits per heavy atom. The fourth-order valence-corrected chi connectivity index (χ4v) is 2.09. The van der Waals surface area contributed by atoms with Crippen LogP contribution in [0.4, 0.5) is 0 Å². The highest BCUT2D eigenvalue weighted by Crippen LogP contribution is 2.17. The molecule has 6 heteroatoms. The predicted molar refractivity (Wildman–Crippen MR) is 86.0 cm³/mol. The molecule has 4 nitrogen and oxygen atoms in total. The molecule has 21 heavy (non-hydrogen) atoms. The molecule has 0 radical (unpaired) electrons. The first-order valence-electron chi connectivity index (χ1n) is 6.12. The van der Waals surface area contributed by atoms with Gasteiger partial charge in [0.05, 0.1) is 12.9 Å². The smallest absolute Gasteiger partial charge is 0.264 e. The van der Waals surface area contributed by atoms with Crippen molar-refractivity contribution in [1.29, 1.82) is 0 Å². The third-order valence-corrected chi connectivity index (χ3v) is 3.64. The minimum atomic E-state index is -3.32. The second-order valence-electron chi connectivity index (χ2n) is 4.15. The molecule has 0 heterocycles. The molecule has 2 aromatic rings. The molecule has 0 saturated heterocycles. The van der Waals surface area contributed by atoms with Crippen molar-refractivity contribution in [3.05, 3.63) is 60.2 Å². The van der Waals surface area contributed by atoms with E-state index in [0.29, 0.717) is 5.75 Å². The molecule has 0 spiro atoms. The van der Waals surface area contributed by atoms with Gasteiger partial charge in [0.1, 0.15) is 5.75 Å². The van der Waals surface area contributed by atoms with Gasteiger partial charge >= 0.3 is 0 Å². The first kappa shape index (κ1) is 17.6. The lowest BCUT2D eigenvalue weighted by Crippen LogP contribution is -2.02. The minimum absolute atomic E-state index is 0.111. The normalized spacial score (nSPS) is 10.6. The van der Waals surface area contributed by atoms with Gasteiger partial charge in [-0.05, 0) is 36.1 Å². The van der Waals surface area contributed by atoms with Gasteiger partial charge in [0.25, 0.3) is 10.1 Å². The van der Waals surface area contributed by atoms with Gasteiger partial charge in [-0.3, -0.25) is 4.18 Å². The number of hydrogen-bond donors (Lipinski definition) is 1. The summed E-state index contributed by atoms with van der Waals surface area (Å²) < 4.78 is 25.8. The summed E-state index contributed by atoms with van der Waals surface area (Å²) in [6, 6.07) is 16.3. The Hall–Kier alpha value is -1.50. The molecule has 2 rings (SSSR count). The quantitative estimate of drug-likeness (QED) is 0.690. The lowest BCUT2D eigenvalue weighted by molar-refractivity contribution is 0.311. The average molecular weight is 326 g/mol. The van der Waals surface area contributed by atoms with Crippen molar-refractivity contribution >= 4 is 21.9 Å². The Bertz CT molecular complexity index is 622. The Morgan fingerprint density at radius 3 is 2.10 bits per heavy atom. The number of phenolic OH excluding ortho intramolecular Hbond substituents is 1. The second kappa shape index (κ2) is 8.71. The topological polar surface area (TPSA) is 63.6 Å². The van der Waals surface area contributed by atoms with Crippen molar-refractivity contribution in [2.45, 2.75) is 11.5 Å². The van der Waals surface area contributed by atoms with Crippen molar-refractivity contribution < 1.29 is 17.7 Å². The van der Waals surface area contributed by atoms with Crippen molar-refractivity contribution in [1.82, 2.24) is 0 Å². The fourth-order valence-electron chi connectivity index (χ4n) is 1.33. The molecule has 114 valence electrons. The first-order chi connectivity index (χ1) is 9.90. The Labute approximate surface area is 129 Å². The molecule has 0 atom stereocenters. The molecule has 0 aliphatic rings. The van der Waals surface area contributed by atoms with Crippen molar-refractivity contribution in [2.75, 3.05) is 12.5 Å². The van der Waals surface area contributed by atoms with Gasteiger partial charge in [-0.1, -0.05) is 30.3 Å². The van der Waals surface area contributed by atoms with E-state index in [1.807, 2.05) is 48.7 Å². The molecule has 0 saturated carbocycles. The van der Waals surface area contributed by atoms with Gasteiger partial charge in [0.2, 0.25) is 0 Å². The Kier molecular flexibility index (Phi) is 7.28. The van der Waals surface area contributed by atoms with E-state index in [1.165, 1.54) is 4.90 Å². The third kappa shape index (κ3) is 8.39.